The first-order valence-corrected chi connectivity index (χ1v) is 15.9. The molecule has 0 atom stereocenters. The second kappa shape index (κ2) is 10.9. The third-order valence-electron chi connectivity index (χ3n) is 9.42. The molecule has 0 saturated carbocycles. The third kappa shape index (κ3) is 4.07. The number of rotatable bonds is 4. The molecule has 0 aliphatic rings. The Balaban J connectivity index is 1.25. The van der Waals surface area contributed by atoms with Crippen molar-refractivity contribution in [2.24, 2.45) is 0 Å². The van der Waals surface area contributed by atoms with Gasteiger partial charge in [-0.1, -0.05) is 97.1 Å². The van der Waals surface area contributed by atoms with Crippen molar-refractivity contribution in [1.82, 2.24) is 9.13 Å². The van der Waals surface area contributed by atoms with Gasteiger partial charge in [-0.2, -0.15) is 10.5 Å². The summed E-state index contributed by atoms with van der Waals surface area (Å²) in [6.45, 7) is 0. The molecule has 0 spiro atoms. The quantitative estimate of drug-likeness (QED) is 0.199. The zero-order valence-electron chi connectivity index (χ0n) is 25.8. The van der Waals surface area contributed by atoms with E-state index in [9.17, 15) is 10.5 Å². The van der Waals surface area contributed by atoms with Gasteiger partial charge < -0.3 is 9.13 Å². The van der Waals surface area contributed by atoms with Crippen LogP contribution in [-0.2, 0) is 0 Å². The van der Waals surface area contributed by atoms with Crippen molar-refractivity contribution in [3.8, 4) is 45.8 Å². The Hall–Kier alpha value is -6.88. The van der Waals surface area contributed by atoms with Crippen molar-refractivity contribution in [2.45, 2.75) is 0 Å². The minimum absolute atomic E-state index is 0.618. The smallest absolute Gasteiger partial charge is 0.0998 e. The van der Waals surface area contributed by atoms with E-state index < -0.39 is 0 Å². The van der Waals surface area contributed by atoms with Crippen LogP contribution in [0.4, 0.5) is 0 Å². The van der Waals surface area contributed by atoms with Crippen molar-refractivity contribution < 1.29 is 0 Å². The number of nitriles is 2. The van der Waals surface area contributed by atoms with Gasteiger partial charge in [0.25, 0.3) is 0 Å². The molecule has 4 nitrogen and oxygen atoms in total. The molecule has 4 heteroatoms. The summed E-state index contributed by atoms with van der Waals surface area (Å²) < 4.78 is 4.58. The summed E-state index contributed by atoms with van der Waals surface area (Å²) in [6.07, 6.45) is 0. The largest absolute Gasteiger partial charge is 0.309 e. The SMILES string of the molecule is N#Cc1ccc2c(c1)c1ccccc1n2-c1ccccc1-c1cccc(C#N)c1-c1ccc(-n2c3ccccc3c3ccccc32)cc1. The maximum Gasteiger partial charge on any atom is 0.0998 e. The zero-order chi connectivity index (χ0) is 32.2. The molecule has 0 fully saturated rings. The van der Waals surface area contributed by atoms with E-state index in [-0.39, 0.29) is 0 Å². The van der Waals surface area contributed by atoms with Crippen LogP contribution in [0.1, 0.15) is 11.1 Å². The maximum absolute atomic E-state index is 10.4. The molecule has 0 aliphatic heterocycles. The van der Waals surface area contributed by atoms with Gasteiger partial charge in [0.2, 0.25) is 0 Å². The zero-order valence-corrected chi connectivity index (χ0v) is 25.8. The molecule has 0 amide bonds. The first-order valence-electron chi connectivity index (χ1n) is 15.9. The van der Waals surface area contributed by atoms with E-state index in [0.29, 0.717) is 11.1 Å². The predicted octanol–water partition coefficient (Wildman–Crippen LogP) is 11.0. The van der Waals surface area contributed by atoms with E-state index in [1.165, 1.54) is 10.8 Å². The fraction of sp³-hybridized carbons (Fsp3) is 0. The predicted molar refractivity (Wildman–Crippen MR) is 195 cm³/mol. The van der Waals surface area contributed by atoms with Gasteiger partial charge in [0.05, 0.1) is 51.0 Å². The summed E-state index contributed by atoms with van der Waals surface area (Å²) in [6, 6.07) is 58.9. The Morgan fingerprint density at radius 3 is 1.65 bits per heavy atom. The number of hydrogen-bond acceptors (Lipinski definition) is 2. The van der Waals surface area contributed by atoms with E-state index in [4.69, 9.17) is 0 Å². The minimum Gasteiger partial charge on any atom is -0.309 e. The molecular formula is C44H26N4. The lowest BCUT2D eigenvalue weighted by atomic mass is 9.90. The summed E-state index contributed by atoms with van der Waals surface area (Å²) in [7, 11) is 0. The van der Waals surface area contributed by atoms with Crippen molar-refractivity contribution in [3.05, 3.63) is 169 Å². The van der Waals surface area contributed by atoms with Crippen LogP contribution in [0.2, 0.25) is 0 Å². The van der Waals surface area contributed by atoms with Crippen LogP contribution < -0.4 is 0 Å². The molecule has 2 aromatic heterocycles. The Bertz CT molecular complexity index is 2750. The lowest BCUT2D eigenvalue weighted by molar-refractivity contribution is 1.18. The molecule has 0 unspecified atom stereocenters. The highest BCUT2D eigenvalue weighted by Crippen LogP contribution is 2.41. The molecule has 7 aromatic carbocycles. The molecular weight excluding hydrogens is 585 g/mol. The first kappa shape index (κ1) is 27.4. The molecule has 0 saturated heterocycles. The number of benzene rings is 7. The second-order valence-corrected chi connectivity index (χ2v) is 12.0. The number of para-hydroxylation sites is 4. The molecule has 0 radical (unpaired) electrons. The van der Waals surface area contributed by atoms with Crippen LogP contribution in [0.25, 0.3) is 77.2 Å². The van der Waals surface area contributed by atoms with E-state index >= 15 is 0 Å². The number of aromatic nitrogens is 2. The average molecular weight is 611 g/mol. The van der Waals surface area contributed by atoms with Gasteiger partial charge in [-0.05, 0) is 71.8 Å². The lowest BCUT2D eigenvalue weighted by Gasteiger charge is -2.18. The van der Waals surface area contributed by atoms with Crippen molar-refractivity contribution >= 4 is 43.6 Å². The van der Waals surface area contributed by atoms with Gasteiger partial charge in [0.15, 0.2) is 0 Å². The fourth-order valence-electron chi connectivity index (χ4n) is 7.36. The first-order chi connectivity index (χ1) is 23.7. The van der Waals surface area contributed by atoms with E-state index in [1.54, 1.807) is 0 Å². The van der Waals surface area contributed by atoms with Gasteiger partial charge in [-0.15, -0.1) is 0 Å². The molecule has 48 heavy (non-hydrogen) atoms. The Kier molecular flexibility index (Phi) is 6.22. The summed E-state index contributed by atoms with van der Waals surface area (Å²) in [5.41, 5.74) is 11.6. The number of fused-ring (bicyclic) bond motifs is 6. The van der Waals surface area contributed by atoms with Crippen LogP contribution in [0, 0.1) is 22.7 Å². The fourth-order valence-corrected chi connectivity index (χ4v) is 7.36. The van der Waals surface area contributed by atoms with Crippen LogP contribution in [-0.4, -0.2) is 9.13 Å². The molecule has 0 bridgehead atoms. The highest BCUT2D eigenvalue weighted by atomic mass is 15.0. The maximum atomic E-state index is 10.4. The monoisotopic (exact) mass is 610 g/mol. The lowest BCUT2D eigenvalue weighted by Crippen LogP contribution is -1.99. The molecule has 9 rings (SSSR count). The summed E-state index contributed by atoms with van der Waals surface area (Å²) in [5.74, 6) is 0. The summed E-state index contributed by atoms with van der Waals surface area (Å²) in [4.78, 5) is 0. The molecule has 0 aliphatic carbocycles. The standard InChI is InChI=1S/C44H26N4/c45-27-29-20-25-43-38(26-29)36-14-4-8-19-42(36)48(43)41-18-7-3-13-35(41)37-15-9-10-31(28-46)44(37)30-21-23-32(24-22-30)47-39-16-5-1-11-33(39)34-12-2-6-17-40(34)47/h1-26H. The highest BCUT2D eigenvalue weighted by molar-refractivity contribution is 6.11. The second-order valence-electron chi connectivity index (χ2n) is 12.0. The Morgan fingerprint density at radius 2 is 0.979 bits per heavy atom. The van der Waals surface area contributed by atoms with E-state index in [2.05, 4.69) is 137 Å². The number of nitrogens with zero attached hydrogens (tertiary/aromatic N) is 4. The topological polar surface area (TPSA) is 57.4 Å². The van der Waals surface area contributed by atoms with Crippen LogP contribution >= 0.6 is 0 Å². The Labute approximate surface area is 277 Å². The Morgan fingerprint density at radius 1 is 0.417 bits per heavy atom. The third-order valence-corrected chi connectivity index (χ3v) is 9.42. The average Bonchev–Trinajstić information content (AvgIpc) is 3.67. The van der Waals surface area contributed by atoms with Gasteiger partial charge in [-0.25, -0.2) is 0 Å². The molecule has 2 heterocycles. The van der Waals surface area contributed by atoms with Gasteiger partial charge >= 0.3 is 0 Å². The van der Waals surface area contributed by atoms with Crippen molar-refractivity contribution in [2.75, 3.05) is 0 Å². The molecule has 9 aromatic rings. The highest BCUT2D eigenvalue weighted by Gasteiger charge is 2.20. The summed E-state index contributed by atoms with van der Waals surface area (Å²) >= 11 is 0. The molecule has 222 valence electrons. The van der Waals surface area contributed by atoms with Gasteiger partial charge in [0, 0.05) is 38.4 Å². The number of hydrogen-bond donors (Lipinski definition) is 0. The van der Waals surface area contributed by atoms with Crippen LogP contribution in [0.5, 0.6) is 0 Å². The van der Waals surface area contributed by atoms with Gasteiger partial charge in [-0.3, -0.25) is 0 Å². The van der Waals surface area contributed by atoms with Crippen LogP contribution in [0.15, 0.2) is 158 Å². The van der Waals surface area contributed by atoms with Crippen molar-refractivity contribution in [1.29, 1.82) is 10.5 Å². The molecule has 0 N–H and O–H groups in total. The minimum atomic E-state index is 0.618. The summed E-state index contributed by atoms with van der Waals surface area (Å²) in [5, 5.41) is 24.6. The normalized spacial score (nSPS) is 11.3. The van der Waals surface area contributed by atoms with Gasteiger partial charge in [0.1, 0.15) is 0 Å². The van der Waals surface area contributed by atoms with Crippen LogP contribution in [0.3, 0.4) is 0 Å². The van der Waals surface area contributed by atoms with Crippen molar-refractivity contribution in [3.63, 3.8) is 0 Å². The van der Waals surface area contributed by atoms with E-state index in [0.717, 1.165) is 66.5 Å². The van der Waals surface area contributed by atoms with E-state index in [1.807, 2.05) is 42.5 Å².